The summed E-state index contributed by atoms with van der Waals surface area (Å²) in [6, 6.07) is 6.77. The quantitative estimate of drug-likeness (QED) is 0.790. The molecule has 0 amide bonds. The number of hydrogen-bond acceptors (Lipinski definition) is 1. The second kappa shape index (κ2) is 4.97. The summed E-state index contributed by atoms with van der Waals surface area (Å²) in [4.78, 5) is 4.20. The van der Waals surface area contributed by atoms with E-state index in [4.69, 9.17) is 0 Å². The van der Waals surface area contributed by atoms with Gasteiger partial charge in [0.15, 0.2) is 0 Å². The Morgan fingerprint density at radius 1 is 1.28 bits per heavy atom. The summed E-state index contributed by atoms with van der Waals surface area (Å²) in [7, 11) is 0. The van der Waals surface area contributed by atoms with Crippen LogP contribution in [0, 0.1) is 0 Å². The number of nitrogens with zero attached hydrogens (tertiary/aromatic N) is 2. The van der Waals surface area contributed by atoms with E-state index in [0.717, 1.165) is 12.3 Å². The summed E-state index contributed by atoms with van der Waals surface area (Å²) in [6.07, 6.45) is 12.4. The van der Waals surface area contributed by atoms with Crippen molar-refractivity contribution < 1.29 is 0 Å². The highest BCUT2D eigenvalue weighted by Gasteiger charge is 2.21. The molecule has 0 unspecified atom stereocenters. The second-order valence-electron chi connectivity index (χ2n) is 5.16. The summed E-state index contributed by atoms with van der Waals surface area (Å²) in [5.41, 5.74) is 4.33. The Kier molecular flexibility index (Phi) is 3.18. The SMILES string of the molecule is CCc1cccc(C2CCCC2)c1-n1ccnc1. The van der Waals surface area contributed by atoms with Crippen LogP contribution < -0.4 is 0 Å². The lowest BCUT2D eigenvalue weighted by Crippen LogP contribution is -2.05. The fourth-order valence-corrected chi connectivity index (χ4v) is 3.17. The number of para-hydroxylation sites is 1. The lowest BCUT2D eigenvalue weighted by atomic mass is 9.92. The normalized spacial score (nSPS) is 16.3. The van der Waals surface area contributed by atoms with Crippen molar-refractivity contribution in [2.75, 3.05) is 0 Å². The highest BCUT2D eigenvalue weighted by atomic mass is 15.0. The van der Waals surface area contributed by atoms with E-state index in [0.29, 0.717) is 0 Å². The van der Waals surface area contributed by atoms with Crippen molar-refractivity contribution in [3.63, 3.8) is 0 Å². The van der Waals surface area contributed by atoms with Crippen molar-refractivity contribution in [2.24, 2.45) is 0 Å². The van der Waals surface area contributed by atoms with Crippen LogP contribution >= 0.6 is 0 Å². The molecule has 0 atom stereocenters. The van der Waals surface area contributed by atoms with Crippen LogP contribution in [-0.2, 0) is 6.42 Å². The van der Waals surface area contributed by atoms with E-state index >= 15 is 0 Å². The fraction of sp³-hybridized carbons (Fsp3) is 0.438. The highest BCUT2D eigenvalue weighted by Crippen LogP contribution is 2.38. The average molecular weight is 240 g/mol. The van der Waals surface area contributed by atoms with Crippen LogP contribution in [0.2, 0.25) is 0 Å². The number of aromatic nitrogens is 2. The Balaban J connectivity index is 2.12. The lowest BCUT2D eigenvalue weighted by Gasteiger charge is -2.19. The van der Waals surface area contributed by atoms with E-state index in [-0.39, 0.29) is 0 Å². The molecule has 0 N–H and O–H groups in total. The number of aryl methyl sites for hydroxylation is 1. The van der Waals surface area contributed by atoms with Gasteiger partial charge in [0.25, 0.3) is 0 Å². The molecule has 0 spiro atoms. The first-order chi connectivity index (χ1) is 8.90. The van der Waals surface area contributed by atoms with E-state index in [1.165, 1.54) is 42.5 Å². The Labute approximate surface area is 109 Å². The molecule has 1 aliphatic carbocycles. The standard InChI is InChI=1S/C16H20N2/c1-2-13-8-5-9-15(14-6-3-4-7-14)16(13)18-11-10-17-12-18/h5,8-12,14H,2-4,6-7H2,1H3. The first kappa shape index (κ1) is 11.5. The molecule has 18 heavy (non-hydrogen) atoms. The molecule has 1 aromatic carbocycles. The molecular weight excluding hydrogens is 220 g/mol. The smallest absolute Gasteiger partial charge is 0.0991 e. The van der Waals surface area contributed by atoms with Gasteiger partial charge in [-0.1, -0.05) is 38.0 Å². The van der Waals surface area contributed by atoms with Crippen LogP contribution in [0.3, 0.4) is 0 Å². The summed E-state index contributed by atoms with van der Waals surface area (Å²) >= 11 is 0. The largest absolute Gasteiger partial charge is 0.306 e. The van der Waals surface area contributed by atoms with Crippen LogP contribution in [0.4, 0.5) is 0 Å². The molecule has 2 aromatic rings. The van der Waals surface area contributed by atoms with Gasteiger partial charge >= 0.3 is 0 Å². The number of hydrogen-bond donors (Lipinski definition) is 0. The molecular formula is C16H20N2. The summed E-state index contributed by atoms with van der Waals surface area (Å²) in [5, 5.41) is 0. The number of imidazole rings is 1. The summed E-state index contributed by atoms with van der Waals surface area (Å²) < 4.78 is 2.19. The molecule has 0 aliphatic heterocycles. The van der Waals surface area contributed by atoms with Crippen molar-refractivity contribution in [1.82, 2.24) is 9.55 Å². The van der Waals surface area contributed by atoms with Gasteiger partial charge in [0.2, 0.25) is 0 Å². The lowest BCUT2D eigenvalue weighted by molar-refractivity contribution is 0.713. The molecule has 2 heteroatoms. The van der Waals surface area contributed by atoms with E-state index < -0.39 is 0 Å². The van der Waals surface area contributed by atoms with Gasteiger partial charge in [-0.15, -0.1) is 0 Å². The molecule has 1 saturated carbocycles. The van der Waals surface area contributed by atoms with E-state index in [9.17, 15) is 0 Å². The van der Waals surface area contributed by atoms with E-state index in [1.807, 2.05) is 12.5 Å². The van der Waals surface area contributed by atoms with Crippen LogP contribution in [-0.4, -0.2) is 9.55 Å². The van der Waals surface area contributed by atoms with Crippen molar-refractivity contribution in [3.05, 3.63) is 48.0 Å². The minimum absolute atomic E-state index is 0.744. The van der Waals surface area contributed by atoms with Crippen LogP contribution in [0.5, 0.6) is 0 Å². The zero-order valence-electron chi connectivity index (χ0n) is 11.0. The van der Waals surface area contributed by atoms with Gasteiger partial charge in [-0.2, -0.15) is 0 Å². The average Bonchev–Trinajstić information content (AvgIpc) is 3.10. The predicted molar refractivity (Wildman–Crippen MR) is 74.2 cm³/mol. The fourth-order valence-electron chi connectivity index (χ4n) is 3.17. The van der Waals surface area contributed by atoms with E-state index in [2.05, 4.69) is 40.9 Å². The Bertz CT molecular complexity index is 508. The summed E-state index contributed by atoms with van der Waals surface area (Å²) in [6.45, 7) is 2.23. The Hall–Kier alpha value is -1.57. The van der Waals surface area contributed by atoms with Gasteiger partial charge in [-0.05, 0) is 36.3 Å². The first-order valence-electron chi connectivity index (χ1n) is 7.00. The maximum absolute atomic E-state index is 4.20. The third-order valence-electron chi connectivity index (χ3n) is 4.09. The molecule has 1 aromatic heterocycles. The topological polar surface area (TPSA) is 17.8 Å². The monoisotopic (exact) mass is 240 g/mol. The third-order valence-corrected chi connectivity index (χ3v) is 4.09. The number of rotatable bonds is 3. The molecule has 1 aliphatic rings. The van der Waals surface area contributed by atoms with Gasteiger partial charge in [0.05, 0.1) is 12.0 Å². The maximum atomic E-state index is 4.20. The number of benzene rings is 1. The Morgan fingerprint density at radius 2 is 2.11 bits per heavy atom. The third kappa shape index (κ3) is 1.96. The first-order valence-corrected chi connectivity index (χ1v) is 7.00. The van der Waals surface area contributed by atoms with Gasteiger partial charge in [0, 0.05) is 12.4 Å². The van der Waals surface area contributed by atoms with Crippen LogP contribution in [0.1, 0.15) is 49.7 Å². The highest BCUT2D eigenvalue weighted by molar-refractivity contribution is 5.50. The Morgan fingerprint density at radius 3 is 2.78 bits per heavy atom. The molecule has 94 valence electrons. The van der Waals surface area contributed by atoms with Crippen LogP contribution in [0.25, 0.3) is 5.69 Å². The second-order valence-corrected chi connectivity index (χ2v) is 5.16. The van der Waals surface area contributed by atoms with Gasteiger partial charge in [0.1, 0.15) is 0 Å². The molecule has 0 saturated heterocycles. The molecule has 1 heterocycles. The molecule has 2 nitrogen and oxygen atoms in total. The zero-order valence-corrected chi connectivity index (χ0v) is 11.0. The van der Waals surface area contributed by atoms with Crippen molar-refractivity contribution >= 4 is 0 Å². The van der Waals surface area contributed by atoms with Crippen molar-refractivity contribution in [2.45, 2.75) is 44.9 Å². The predicted octanol–water partition coefficient (Wildman–Crippen LogP) is 4.09. The minimum Gasteiger partial charge on any atom is -0.306 e. The summed E-state index contributed by atoms with van der Waals surface area (Å²) in [5.74, 6) is 0.744. The molecule has 1 fully saturated rings. The zero-order chi connectivity index (χ0) is 12.4. The van der Waals surface area contributed by atoms with Gasteiger partial charge in [-0.3, -0.25) is 0 Å². The minimum atomic E-state index is 0.744. The van der Waals surface area contributed by atoms with Gasteiger partial charge < -0.3 is 4.57 Å². The van der Waals surface area contributed by atoms with Crippen molar-refractivity contribution in [3.8, 4) is 5.69 Å². The van der Waals surface area contributed by atoms with Crippen molar-refractivity contribution in [1.29, 1.82) is 0 Å². The molecule has 0 bridgehead atoms. The molecule has 0 radical (unpaired) electrons. The molecule has 3 rings (SSSR count). The van der Waals surface area contributed by atoms with Crippen LogP contribution in [0.15, 0.2) is 36.9 Å². The van der Waals surface area contributed by atoms with Gasteiger partial charge in [-0.25, -0.2) is 4.98 Å². The maximum Gasteiger partial charge on any atom is 0.0991 e. The van der Waals surface area contributed by atoms with E-state index in [1.54, 1.807) is 0 Å².